The molecule has 1 fully saturated rings. The lowest BCUT2D eigenvalue weighted by molar-refractivity contribution is 0.170. The van der Waals surface area contributed by atoms with Crippen molar-refractivity contribution < 1.29 is 18.6 Å². The van der Waals surface area contributed by atoms with Crippen molar-refractivity contribution in [1.82, 2.24) is 0 Å². The van der Waals surface area contributed by atoms with Gasteiger partial charge in [-0.25, -0.2) is 0 Å². The van der Waals surface area contributed by atoms with Crippen LogP contribution in [0.15, 0.2) is 6.07 Å². The number of rotatable bonds is 2. The van der Waals surface area contributed by atoms with Crippen LogP contribution < -0.4 is 19.9 Å². The summed E-state index contributed by atoms with van der Waals surface area (Å²) in [6, 6.07) is 1.76. The summed E-state index contributed by atoms with van der Waals surface area (Å²) in [6.45, 7) is 0.0381. The van der Waals surface area contributed by atoms with Crippen molar-refractivity contribution >= 4 is 0 Å². The third kappa shape index (κ3) is 1.54. The minimum Gasteiger partial charge on any atom is -0.493 e. The van der Waals surface area contributed by atoms with Gasteiger partial charge in [0, 0.05) is 11.1 Å². The number of halogens is 1. The maximum Gasteiger partial charge on any atom is 0.231 e. The van der Waals surface area contributed by atoms with Gasteiger partial charge >= 0.3 is 0 Å². The number of nitrogens with two attached hydrogens (primary N) is 1. The van der Waals surface area contributed by atoms with Crippen molar-refractivity contribution in [3.05, 3.63) is 17.4 Å². The molecule has 0 unspecified atom stereocenters. The molecule has 5 heteroatoms. The Balaban J connectivity index is 2.16. The predicted molar refractivity (Wildman–Crippen MR) is 63.4 cm³/mol. The minimum absolute atomic E-state index is 0.0381. The molecule has 4 nitrogen and oxygen atoms in total. The van der Waals surface area contributed by atoms with Crippen LogP contribution in [0.5, 0.6) is 17.2 Å². The molecule has 1 aliphatic carbocycles. The molecule has 3 rings (SSSR count). The maximum atomic E-state index is 14.3. The molecule has 0 bridgehead atoms. The molecule has 1 aromatic carbocycles. The van der Waals surface area contributed by atoms with Crippen molar-refractivity contribution in [1.29, 1.82) is 0 Å². The first kappa shape index (κ1) is 11.6. The third-order valence-corrected chi connectivity index (χ3v) is 3.80. The van der Waals surface area contributed by atoms with Crippen LogP contribution in [0.2, 0.25) is 0 Å². The molecule has 98 valence electrons. The largest absolute Gasteiger partial charge is 0.493 e. The zero-order valence-corrected chi connectivity index (χ0v) is 10.3. The van der Waals surface area contributed by atoms with Crippen LogP contribution >= 0.6 is 0 Å². The maximum absolute atomic E-state index is 14.3. The van der Waals surface area contributed by atoms with Gasteiger partial charge in [-0.3, -0.25) is 0 Å². The Kier molecular flexibility index (Phi) is 2.59. The standard InChI is InChI=1S/C13H16FNO3/c1-16-11-8(13(15)4-2-3-5-13)6-9-12(10(11)14)18-7-17-9/h6H,2-5,7,15H2,1H3. The molecule has 1 saturated carbocycles. The van der Waals surface area contributed by atoms with Crippen LogP contribution in [0.1, 0.15) is 31.2 Å². The molecule has 1 aromatic rings. The van der Waals surface area contributed by atoms with E-state index in [2.05, 4.69) is 0 Å². The van der Waals surface area contributed by atoms with Gasteiger partial charge in [0.2, 0.25) is 18.4 Å². The first-order valence-corrected chi connectivity index (χ1v) is 6.11. The van der Waals surface area contributed by atoms with E-state index in [0.717, 1.165) is 25.7 Å². The molecule has 18 heavy (non-hydrogen) atoms. The fraction of sp³-hybridized carbons (Fsp3) is 0.538. The van der Waals surface area contributed by atoms with E-state index in [0.29, 0.717) is 11.3 Å². The van der Waals surface area contributed by atoms with E-state index in [4.69, 9.17) is 19.9 Å². The van der Waals surface area contributed by atoms with Crippen molar-refractivity contribution in [2.24, 2.45) is 5.73 Å². The van der Waals surface area contributed by atoms with Gasteiger partial charge in [0.1, 0.15) is 0 Å². The smallest absolute Gasteiger partial charge is 0.231 e. The SMILES string of the molecule is COc1c(C2(N)CCCC2)cc2c(c1F)OCO2. The summed E-state index contributed by atoms with van der Waals surface area (Å²) in [6.07, 6.45) is 3.77. The molecule has 0 radical (unpaired) electrons. The first-order chi connectivity index (χ1) is 8.65. The first-order valence-electron chi connectivity index (χ1n) is 6.11. The fourth-order valence-corrected chi connectivity index (χ4v) is 2.83. The second-order valence-electron chi connectivity index (χ2n) is 4.87. The van der Waals surface area contributed by atoms with E-state index in [1.807, 2.05) is 0 Å². The van der Waals surface area contributed by atoms with Crippen molar-refractivity contribution in [2.75, 3.05) is 13.9 Å². The lowest BCUT2D eigenvalue weighted by atomic mass is 9.88. The number of ether oxygens (including phenoxy) is 3. The average molecular weight is 253 g/mol. The third-order valence-electron chi connectivity index (χ3n) is 3.80. The van der Waals surface area contributed by atoms with E-state index in [1.165, 1.54) is 7.11 Å². The molecule has 0 aromatic heterocycles. The van der Waals surface area contributed by atoms with Gasteiger partial charge in [0.25, 0.3) is 0 Å². The number of hydrogen-bond acceptors (Lipinski definition) is 4. The summed E-state index contributed by atoms with van der Waals surface area (Å²) in [5.41, 5.74) is 6.54. The quantitative estimate of drug-likeness (QED) is 0.878. The summed E-state index contributed by atoms with van der Waals surface area (Å²) in [5.74, 6) is 0.208. The average Bonchev–Trinajstić information content (AvgIpc) is 2.98. The van der Waals surface area contributed by atoms with Crippen molar-refractivity contribution in [3.8, 4) is 17.2 Å². The van der Waals surface area contributed by atoms with Crippen LogP contribution in [0, 0.1) is 5.82 Å². The summed E-state index contributed by atoms with van der Waals surface area (Å²) in [5, 5.41) is 0. The fourth-order valence-electron chi connectivity index (χ4n) is 2.83. The van der Waals surface area contributed by atoms with Crippen LogP contribution in [0.4, 0.5) is 4.39 Å². The summed E-state index contributed by atoms with van der Waals surface area (Å²) >= 11 is 0. The van der Waals surface area contributed by atoms with Gasteiger partial charge in [-0.1, -0.05) is 12.8 Å². The van der Waals surface area contributed by atoms with Crippen molar-refractivity contribution in [2.45, 2.75) is 31.2 Å². The lowest BCUT2D eigenvalue weighted by Gasteiger charge is -2.26. The monoisotopic (exact) mass is 253 g/mol. The van der Waals surface area contributed by atoms with Gasteiger partial charge in [-0.2, -0.15) is 4.39 Å². The zero-order chi connectivity index (χ0) is 12.8. The Hall–Kier alpha value is -1.49. The molecule has 0 atom stereocenters. The Morgan fingerprint density at radius 3 is 2.72 bits per heavy atom. The minimum atomic E-state index is -0.521. The molecule has 2 aliphatic rings. The highest BCUT2D eigenvalue weighted by Gasteiger charge is 2.38. The van der Waals surface area contributed by atoms with E-state index >= 15 is 0 Å². The Bertz CT molecular complexity index is 484. The van der Waals surface area contributed by atoms with Crippen LogP contribution in [-0.2, 0) is 5.54 Å². The molecule has 1 heterocycles. The number of fused-ring (bicyclic) bond motifs is 1. The lowest BCUT2D eigenvalue weighted by Crippen LogP contribution is -2.33. The van der Waals surface area contributed by atoms with E-state index in [9.17, 15) is 4.39 Å². The highest BCUT2D eigenvalue weighted by atomic mass is 19.1. The molecular formula is C13H16FNO3. The normalized spacial score (nSPS) is 20.2. The predicted octanol–water partition coefficient (Wildman–Crippen LogP) is 2.29. The molecular weight excluding hydrogens is 237 g/mol. The van der Waals surface area contributed by atoms with Gasteiger partial charge in [-0.15, -0.1) is 0 Å². The molecule has 1 aliphatic heterocycles. The van der Waals surface area contributed by atoms with Gasteiger partial charge in [0.15, 0.2) is 11.5 Å². The highest BCUT2D eigenvalue weighted by Crippen LogP contribution is 2.48. The van der Waals surface area contributed by atoms with Crippen LogP contribution in [0.25, 0.3) is 0 Å². The summed E-state index contributed by atoms with van der Waals surface area (Å²) in [7, 11) is 1.45. The van der Waals surface area contributed by atoms with Crippen molar-refractivity contribution in [3.63, 3.8) is 0 Å². The molecule has 2 N–H and O–H groups in total. The Labute approximate surface area is 105 Å². The Morgan fingerprint density at radius 2 is 2.06 bits per heavy atom. The molecule has 0 spiro atoms. The van der Waals surface area contributed by atoms with Crippen LogP contribution in [-0.4, -0.2) is 13.9 Å². The van der Waals surface area contributed by atoms with Gasteiger partial charge < -0.3 is 19.9 Å². The highest BCUT2D eigenvalue weighted by molar-refractivity contribution is 5.55. The van der Waals surface area contributed by atoms with Gasteiger partial charge in [0.05, 0.1) is 7.11 Å². The summed E-state index contributed by atoms with van der Waals surface area (Å²) in [4.78, 5) is 0. The van der Waals surface area contributed by atoms with E-state index in [-0.39, 0.29) is 18.3 Å². The number of hydrogen-bond donors (Lipinski definition) is 1. The van der Waals surface area contributed by atoms with Crippen LogP contribution in [0.3, 0.4) is 0 Å². The second-order valence-corrected chi connectivity index (χ2v) is 4.87. The molecule has 0 saturated heterocycles. The Morgan fingerprint density at radius 1 is 1.33 bits per heavy atom. The van der Waals surface area contributed by atoms with Gasteiger partial charge in [-0.05, 0) is 18.9 Å². The number of methoxy groups -OCH3 is 1. The topological polar surface area (TPSA) is 53.7 Å². The zero-order valence-electron chi connectivity index (χ0n) is 10.3. The summed E-state index contributed by atoms with van der Waals surface area (Å²) < 4.78 is 29.8. The number of benzene rings is 1. The molecule has 0 amide bonds. The second kappa shape index (κ2) is 4.02. The van der Waals surface area contributed by atoms with E-state index < -0.39 is 11.4 Å². The van der Waals surface area contributed by atoms with E-state index in [1.54, 1.807) is 6.07 Å².